The number of benzene rings is 2. The second-order valence-electron chi connectivity index (χ2n) is 9.66. The van der Waals surface area contributed by atoms with Crippen LogP contribution in [0.3, 0.4) is 0 Å². The lowest BCUT2D eigenvalue weighted by molar-refractivity contribution is -0.136. The largest absolute Gasteiger partial charge is 0.493 e. The van der Waals surface area contributed by atoms with Crippen molar-refractivity contribution in [3.63, 3.8) is 0 Å². The van der Waals surface area contributed by atoms with Gasteiger partial charge < -0.3 is 14.5 Å². The van der Waals surface area contributed by atoms with Crippen LogP contribution in [0.4, 0.5) is 4.39 Å². The fraction of sp³-hybridized carbons (Fsp3) is 0.481. The summed E-state index contributed by atoms with van der Waals surface area (Å²) in [5.74, 6) is 0.154. The standard InChI is InChI=1S/C27H32ClFN2O3/c1-20-9-10-21(15-24(20)29)26(33)31-14-6-11-27(18-31,17-25(32)30-12-3-2-4-13-30)19-34-23-8-5-7-22(28)16-23/h5,7-10,15-16H,2-4,6,11-14,17-19H2,1H3. The first-order valence-electron chi connectivity index (χ1n) is 12.1. The van der Waals surface area contributed by atoms with E-state index in [9.17, 15) is 14.0 Å². The molecule has 1 unspecified atom stereocenters. The Hall–Kier alpha value is -2.60. The van der Waals surface area contributed by atoms with Crippen LogP contribution in [0, 0.1) is 18.2 Å². The first-order chi connectivity index (χ1) is 16.3. The van der Waals surface area contributed by atoms with Crippen LogP contribution >= 0.6 is 11.6 Å². The molecule has 0 bridgehead atoms. The molecule has 2 aromatic carbocycles. The molecule has 0 saturated carbocycles. The number of halogens is 2. The number of rotatable bonds is 6. The van der Waals surface area contributed by atoms with E-state index in [1.807, 2.05) is 17.0 Å². The molecule has 2 aromatic rings. The highest BCUT2D eigenvalue weighted by Crippen LogP contribution is 2.36. The van der Waals surface area contributed by atoms with Crippen molar-refractivity contribution in [1.82, 2.24) is 9.80 Å². The Balaban J connectivity index is 1.54. The average Bonchev–Trinajstić information content (AvgIpc) is 2.85. The molecule has 0 radical (unpaired) electrons. The predicted octanol–water partition coefficient (Wildman–Crippen LogP) is 5.49. The van der Waals surface area contributed by atoms with Crippen molar-refractivity contribution in [3.05, 3.63) is 64.4 Å². The second kappa shape index (κ2) is 10.8. The van der Waals surface area contributed by atoms with Gasteiger partial charge in [0.1, 0.15) is 11.6 Å². The highest BCUT2D eigenvalue weighted by molar-refractivity contribution is 6.30. The summed E-state index contributed by atoms with van der Waals surface area (Å²) in [7, 11) is 0. The van der Waals surface area contributed by atoms with Crippen LogP contribution in [0.15, 0.2) is 42.5 Å². The van der Waals surface area contributed by atoms with Crippen molar-refractivity contribution in [1.29, 1.82) is 0 Å². The molecule has 2 saturated heterocycles. The molecular weight excluding hydrogens is 455 g/mol. The number of amides is 2. The molecule has 0 aromatic heterocycles. The zero-order chi connectivity index (χ0) is 24.1. The Bertz CT molecular complexity index is 1040. The summed E-state index contributed by atoms with van der Waals surface area (Å²) in [6.45, 7) is 4.52. The maximum Gasteiger partial charge on any atom is 0.253 e. The summed E-state index contributed by atoms with van der Waals surface area (Å²) in [5, 5.41) is 0.581. The Morgan fingerprint density at radius 1 is 1.03 bits per heavy atom. The minimum absolute atomic E-state index is 0.116. The number of ether oxygens (including phenoxy) is 1. The monoisotopic (exact) mass is 486 g/mol. The lowest BCUT2D eigenvalue weighted by Gasteiger charge is -2.43. The van der Waals surface area contributed by atoms with Crippen LogP contribution in [0.2, 0.25) is 5.02 Å². The quantitative estimate of drug-likeness (QED) is 0.542. The van der Waals surface area contributed by atoms with Crippen molar-refractivity contribution in [2.45, 2.75) is 45.4 Å². The summed E-state index contributed by atoms with van der Waals surface area (Å²) in [6.07, 6.45) is 5.07. The number of aryl methyl sites for hydroxylation is 1. The molecule has 5 nitrogen and oxygen atoms in total. The molecule has 2 aliphatic heterocycles. The van der Waals surface area contributed by atoms with Gasteiger partial charge in [-0.25, -0.2) is 4.39 Å². The number of likely N-dealkylation sites (tertiary alicyclic amines) is 2. The van der Waals surface area contributed by atoms with E-state index >= 15 is 0 Å². The smallest absolute Gasteiger partial charge is 0.253 e. The van der Waals surface area contributed by atoms with Gasteiger partial charge in [0, 0.05) is 48.6 Å². The summed E-state index contributed by atoms with van der Waals surface area (Å²) in [4.78, 5) is 30.2. The van der Waals surface area contributed by atoms with Gasteiger partial charge in [0.2, 0.25) is 5.91 Å². The van der Waals surface area contributed by atoms with Gasteiger partial charge >= 0.3 is 0 Å². The van der Waals surface area contributed by atoms with Crippen LogP contribution in [0.5, 0.6) is 5.75 Å². The highest BCUT2D eigenvalue weighted by atomic mass is 35.5. The molecule has 0 spiro atoms. The van der Waals surface area contributed by atoms with E-state index < -0.39 is 11.2 Å². The molecule has 2 heterocycles. The minimum Gasteiger partial charge on any atom is -0.493 e. The molecule has 2 amide bonds. The third-order valence-corrected chi connectivity index (χ3v) is 7.18. The van der Waals surface area contributed by atoms with Crippen molar-refractivity contribution in [3.8, 4) is 5.75 Å². The van der Waals surface area contributed by atoms with Gasteiger partial charge in [0.25, 0.3) is 5.91 Å². The fourth-order valence-electron chi connectivity index (χ4n) is 4.97. The number of piperidine rings is 2. The maximum atomic E-state index is 14.1. The third-order valence-electron chi connectivity index (χ3n) is 6.94. The molecule has 1 atom stereocenters. The Kier molecular flexibility index (Phi) is 7.77. The van der Waals surface area contributed by atoms with Crippen molar-refractivity contribution in [2.75, 3.05) is 32.8 Å². The Morgan fingerprint density at radius 2 is 1.79 bits per heavy atom. The molecule has 182 valence electrons. The van der Waals surface area contributed by atoms with Gasteiger partial charge in [-0.05, 0) is 74.9 Å². The second-order valence-corrected chi connectivity index (χ2v) is 10.1. The Labute approximate surface area is 205 Å². The molecule has 4 rings (SSSR count). The van der Waals surface area contributed by atoms with Gasteiger partial charge in [0.15, 0.2) is 0 Å². The number of carbonyl (C=O) groups is 2. The summed E-state index contributed by atoms with van der Waals surface area (Å²) < 4.78 is 20.3. The molecule has 2 fully saturated rings. The molecular formula is C27H32ClFN2O3. The van der Waals surface area contributed by atoms with Crippen molar-refractivity contribution < 1.29 is 18.7 Å². The van der Waals surface area contributed by atoms with Crippen LogP contribution < -0.4 is 4.74 Å². The van der Waals surface area contributed by atoms with E-state index in [0.717, 1.165) is 45.2 Å². The number of nitrogens with zero attached hydrogens (tertiary/aromatic N) is 2. The van der Waals surface area contributed by atoms with Gasteiger partial charge in [-0.2, -0.15) is 0 Å². The highest BCUT2D eigenvalue weighted by Gasteiger charge is 2.41. The van der Waals surface area contributed by atoms with Crippen LogP contribution in [-0.4, -0.2) is 54.4 Å². The molecule has 0 N–H and O–H groups in total. The van der Waals surface area contributed by atoms with Crippen molar-refractivity contribution >= 4 is 23.4 Å². The number of carbonyl (C=O) groups excluding carboxylic acids is 2. The first-order valence-corrected chi connectivity index (χ1v) is 12.4. The zero-order valence-corrected chi connectivity index (χ0v) is 20.5. The first kappa shape index (κ1) is 24.5. The normalized spacial score (nSPS) is 20.8. The van der Waals surface area contributed by atoms with E-state index in [1.165, 1.54) is 6.07 Å². The van der Waals surface area contributed by atoms with Gasteiger partial charge in [-0.15, -0.1) is 0 Å². The zero-order valence-electron chi connectivity index (χ0n) is 19.7. The van der Waals surface area contributed by atoms with E-state index in [-0.39, 0.29) is 11.8 Å². The average molecular weight is 487 g/mol. The third kappa shape index (κ3) is 5.90. The van der Waals surface area contributed by atoms with E-state index in [0.29, 0.717) is 48.0 Å². The summed E-state index contributed by atoms with van der Waals surface area (Å²) >= 11 is 6.12. The predicted molar refractivity (Wildman–Crippen MR) is 131 cm³/mol. The summed E-state index contributed by atoms with van der Waals surface area (Å²) in [6, 6.07) is 11.8. The number of hydrogen-bond donors (Lipinski definition) is 0. The SMILES string of the molecule is Cc1ccc(C(=O)N2CCCC(COc3cccc(Cl)c3)(CC(=O)N3CCCCC3)C2)cc1F. The van der Waals surface area contributed by atoms with Crippen LogP contribution in [0.25, 0.3) is 0 Å². The Morgan fingerprint density at radius 3 is 2.53 bits per heavy atom. The van der Waals surface area contributed by atoms with E-state index in [2.05, 4.69) is 0 Å². The minimum atomic E-state index is -0.520. The summed E-state index contributed by atoms with van der Waals surface area (Å²) in [5.41, 5.74) is 0.317. The molecule has 7 heteroatoms. The molecule has 34 heavy (non-hydrogen) atoms. The van der Waals surface area contributed by atoms with Gasteiger partial charge in [-0.3, -0.25) is 9.59 Å². The fourth-order valence-corrected chi connectivity index (χ4v) is 5.15. The van der Waals surface area contributed by atoms with Gasteiger partial charge in [0.05, 0.1) is 6.61 Å². The van der Waals surface area contributed by atoms with E-state index in [1.54, 1.807) is 36.1 Å². The lowest BCUT2D eigenvalue weighted by Crippen LogP contribution is -2.51. The van der Waals surface area contributed by atoms with Crippen molar-refractivity contribution in [2.24, 2.45) is 5.41 Å². The number of hydrogen-bond acceptors (Lipinski definition) is 3. The van der Waals surface area contributed by atoms with Crippen LogP contribution in [0.1, 0.15) is 54.4 Å². The molecule has 2 aliphatic rings. The van der Waals surface area contributed by atoms with Gasteiger partial charge in [-0.1, -0.05) is 23.7 Å². The molecule has 0 aliphatic carbocycles. The van der Waals surface area contributed by atoms with E-state index in [4.69, 9.17) is 16.3 Å². The van der Waals surface area contributed by atoms with Crippen LogP contribution in [-0.2, 0) is 4.79 Å². The maximum absolute atomic E-state index is 14.1. The topological polar surface area (TPSA) is 49.9 Å². The lowest BCUT2D eigenvalue weighted by atomic mass is 9.77.